The van der Waals surface area contributed by atoms with Crippen molar-refractivity contribution in [2.75, 3.05) is 20.3 Å². The first-order valence-electron chi connectivity index (χ1n) is 7.97. The van der Waals surface area contributed by atoms with Gasteiger partial charge in [-0.2, -0.15) is 0 Å². The molecule has 1 N–H and O–H groups in total. The van der Waals surface area contributed by atoms with Gasteiger partial charge in [-0.1, -0.05) is 24.4 Å². The summed E-state index contributed by atoms with van der Waals surface area (Å²) in [6, 6.07) is 4.23. The molecule has 1 atom stereocenters. The van der Waals surface area contributed by atoms with E-state index in [1.807, 2.05) is 27.0 Å². The Morgan fingerprint density at radius 1 is 1.14 bits per heavy atom. The minimum Gasteiger partial charge on any atom is -0.490 e. The van der Waals surface area contributed by atoms with Crippen LogP contribution in [0.5, 0.6) is 11.5 Å². The molecule has 0 bridgehead atoms. The van der Waals surface area contributed by atoms with Gasteiger partial charge in [-0.3, -0.25) is 0 Å². The van der Waals surface area contributed by atoms with Crippen LogP contribution < -0.4 is 14.8 Å². The van der Waals surface area contributed by atoms with Gasteiger partial charge < -0.3 is 14.8 Å². The Bertz CT molecular complexity index is 458. The fourth-order valence-corrected chi connectivity index (χ4v) is 3.53. The van der Waals surface area contributed by atoms with Crippen LogP contribution in [0.2, 0.25) is 5.02 Å². The molecular formula is C17H26ClNO2. The van der Waals surface area contributed by atoms with Gasteiger partial charge in [0.2, 0.25) is 0 Å². The lowest BCUT2D eigenvalue weighted by molar-refractivity contribution is 0.286. The van der Waals surface area contributed by atoms with Crippen LogP contribution in [0.15, 0.2) is 12.1 Å². The topological polar surface area (TPSA) is 30.5 Å². The van der Waals surface area contributed by atoms with Crippen LogP contribution in [-0.2, 0) is 0 Å². The highest BCUT2D eigenvalue weighted by Gasteiger charge is 2.27. The Labute approximate surface area is 133 Å². The zero-order chi connectivity index (χ0) is 15.2. The summed E-state index contributed by atoms with van der Waals surface area (Å²) < 4.78 is 11.4. The molecule has 1 unspecified atom stereocenters. The Balaban J connectivity index is 2.34. The van der Waals surface area contributed by atoms with Crippen molar-refractivity contribution in [1.29, 1.82) is 0 Å². The standard InChI is InChI=1S/C17H26ClNO2/c1-4-20-15-10-13(14(18)11-16(15)21-5-2)17(19-3)12-8-6-7-9-12/h10-12,17,19H,4-9H2,1-3H3. The molecule has 3 nitrogen and oxygen atoms in total. The third kappa shape index (κ3) is 3.83. The van der Waals surface area contributed by atoms with Crippen molar-refractivity contribution < 1.29 is 9.47 Å². The third-order valence-corrected chi connectivity index (χ3v) is 4.51. The molecule has 0 aromatic heterocycles. The molecule has 1 saturated carbocycles. The van der Waals surface area contributed by atoms with Crippen molar-refractivity contribution in [3.63, 3.8) is 0 Å². The van der Waals surface area contributed by atoms with Crippen molar-refractivity contribution in [2.45, 2.75) is 45.6 Å². The summed E-state index contributed by atoms with van der Waals surface area (Å²) in [5, 5.41) is 4.20. The predicted octanol–water partition coefficient (Wildman–Crippen LogP) is 4.59. The largest absolute Gasteiger partial charge is 0.490 e. The maximum absolute atomic E-state index is 6.51. The van der Waals surface area contributed by atoms with E-state index in [2.05, 4.69) is 11.4 Å². The van der Waals surface area contributed by atoms with E-state index in [9.17, 15) is 0 Å². The molecule has 118 valence electrons. The van der Waals surface area contributed by atoms with Crippen LogP contribution in [-0.4, -0.2) is 20.3 Å². The smallest absolute Gasteiger partial charge is 0.162 e. The average molecular weight is 312 g/mol. The van der Waals surface area contributed by atoms with Crippen LogP contribution in [0.4, 0.5) is 0 Å². The molecule has 21 heavy (non-hydrogen) atoms. The molecule has 1 aliphatic rings. The summed E-state index contributed by atoms with van der Waals surface area (Å²) in [5.74, 6) is 2.17. The monoisotopic (exact) mass is 311 g/mol. The molecule has 0 radical (unpaired) electrons. The highest BCUT2D eigenvalue weighted by molar-refractivity contribution is 6.31. The van der Waals surface area contributed by atoms with E-state index >= 15 is 0 Å². The molecular weight excluding hydrogens is 286 g/mol. The van der Waals surface area contributed by atoms with Gasteiger partial charge in [-0.15, -0.1) is 0 Å². The summed E-state index contributed by atoms with van der Waals surface area (Å²) in [6.07, 6.45) is 5.16. The van der Waals surface area contributed by atoms with E-state index in [0.717, 1.165) is 22.1 Å². The van der Waals surface area contributed by atoms with Gasteiger partial charge in [0.1, 0.15) is 0 Å². The fraction of sp³-hybridized carbons (Fsp3) is 0.647. The number of rotatable bonds is 7. The Morgan fingerprint density at radius 3 is 2.24 bits per heavy atom. The Kier molecular flexibility index (Phi) is 6.19. The predicted molar refractivity (Wildman–Crippen MR) is 87.5 cm³/mol. The fourth-order valence-electron chi connectivity index (χ4n) is 3.26. The summed E-state index contributed by atoms with van der Waals surface area (Å²) in [5.41, 5.74) is 1.12. The summed E-state index contributed by atoms with van der Waals surface area (Å²) >= 11 is 6.51. The first-order chi connectivity index (χ1) is 10.2. The first-order valence-corrected chi connectivity index (χ1v) is 8.35. The van der Waals surface area contributed by atoms with Gasteiger partial charge in [-0.05, 0) is 51.3 Å². The van der Waals surface area contributed by atoms with Crippen molar-refractivity contribution >= 4 is 11.6 Å². The second kappa shape index (κ2) is 7.90. The van der Waals surface area contributed by atoms with Crippen LogP contribution in [0, 0.1) is 5.92 Å². The lowest BCUT2D eigenvalue weighted by Crippen LogP contribution is -2.24. The maximum Gasteiger partial charge on any atom is 0.162 e. The maximum atomic E-state index is 6.51. The van der Waals surface area contributed by atoms with E-state index in [-0.39, 0.29) is 6.04 Å². The zero-order valence-electron chi connectivity index (χ0n) is 13.2. The van der Waals surface area contributed by atoms with Gasteiger partial charge in [0.25, 0.3) is 0 Å². The van der Waals surface area contributed by atoms with Gasteiger partial charge in [0.15, 0.2) is 11.5 Å². The Morgan fingerprint density at radius 2 is 1.71 bits per heavy atom. The molecule has 1 aromatic rings. The minimum absolute atomic E-state index is 0.287. The van der Waals surface area contributed by atoms with E-state index in [1.54, 1.807) is 0 Å². The van der Waals surface area contributed by atoms with E-state index in [4.69, 9.17) is 21.1 Å². The lowest BCUT2D eigenvalue weighted by Gasteiger charge is -2.25. The molecule has 4 heteroatoms. The highest BCUT2D eigenvalue weighted by atomic mass is 35.5. The Hall–Kier alpha value is -0.930. The third-order valence-electron chi connectivity index (χ3n) is 4.18. The van der Waals surface area contributed by atoms with Crippen LogP contribution in [0.3, 0.4) is 0 Å². The first kappa shape index (κ1) is 16.4. The number of hydrogen-bond acceptors (Lipinski definition) is 3. The SMILES string of the molecule is CCOc1cc(Cl)c(C(NC)C2CCCC2)cc1OCC. The van der Waals surface area contributed by atoms with E-state index in [1.165, 1.54) is 25.7 Å². The second-order valence-electron chi connectivity index (χ2n) is 5.50. The molecule has 1 aliphatic carbocycles. The van der Waals surface area contributed by atoms with Gasteiger partial charge in [0, 0.05) is 17.1 Å². The average Bonchev–Trinajstić information content (AvgIpc) is 2.98. The number of nitrogens with one attached hydrogen (secondary N) is 1. The molecule has 0 spiro atoms. The van der Waals surface area contributed by atoms with E-state index in [0.29, 0.717) is 19.1 Å². The second-order valence-corrected chi connectivity index (χ2v) is 5.90. The summed E-state index contributed by atoms with van der Waals surface area (Å²) in [4.78, 5) is 0. The van der Waals surface area contributed by atoms with Crippen LogP contribution in [0.1, 0.15) is 51.1 Å². The van der Waals surface area contributed by atoms with Gasteiger partial charge in [0.05, 0.1) is 13.2 Å². The minimum atomic E-state index is 0.287. The molecule has 1 fully saturated rings. The van der Waals surface area contributed by atoms with Crippen LogP contribution in [0.25, 0.3) is 0 Å². The molecule has 0 heterocycles. The lowest BCUT2D eigenvalue weighted by atomic mass is 9.91. The number of benzene rings is 1. The van der Waals surface area contributed by atoms with Crippen molar-refractivity contribution in [3.05, 3.63) is 22.7 Å². The number of ether oxygens (including phenoxy) is 2. The van der Waals surface area contributed by atoms with Crippen molar-refractivity contribution in [2.24, 2.45) is 5.92 Å². The molecule has 1 aromatic carbocycles. The summed E-state index contributed by atoms with van der Waals surface area (Å²) in [7, 11) is 2.01. The zero-order valence-corrected chi connectivity index (χ0v) is 14.0. The van der Waals surface area contributed by atoms with Crippen molar-refractivity contribution in [1.82, 2.24) is 5.32 Å². The molecule has 0 amide bonds. The molecule has 2 rings (SSSR count). The van der Waals surface area contributed by atoms with Gasteiger partial charge >= 0.3 is 0 Å². The van der Waals surface area contributed by atoms with Crippen molar-refractivity contribution in [3.8, 4) is 11.5 Å². The number of hydrogen-bond donors (Lipinski definition) is 1. The molecule has 0 saturated heterocycles. The number of halogens is 1. The quantitative estimate of drug-likeness (QED) is 0.799. The van der Waals surface area contributed by atoms with E-state index < -0.39 is 0 Å². The summed E-state index contributed by atoms with van der Waals surface area (Å²) in [6.45, 7) is 5.17. The normalized spacial score (nSPS) is 17.0. The van der Waals surface area contributed by atoms with Gasteiger partial charge in [-0.25, -0.2) is 0 Å². The molecule has 0 aliphatic heterocycles. The highest BCUT2D eigenvalue weighted by Crippen LogP contribution is 2.42. The van der Waals surface area contributed by atoms with Crippen LogP contribution >= 0.6 is 11.6 Å².